The van der Waals surface area contributed by atoms with Crippen LogP contribution in [-0.2, 0) is 50.3 Å². The van der Waals surface area contributed by atoms with E-state index >= 15 is 0 Å². The minimum Gasteiger partial charge on any atom is -0.491 e. The second-order valence-electron chi connectivity index (χ2n) is 22.6. The lowest BCUT2D eigenvalue weighted by Crippen LogP contribution is -2.36. The van der Waals surface area contributed by atoms with Crippen molar-refractivity contribution >= 4 is 77.6 Å². The first-order chi connectivity index (χ1) is 40.1. The van der Waals surface area contributed by atoms with Crippen LogP contribution in [0.2, 0.25) is 0 Å². The van der Waals surface area contributed by atoms with Crippen LogP contribution in [0.15, 0.2) is 99.9 Å². The van der Waals surface area contributed by atoms with E-state index in [1.165, 1.54) is 67.0 Å². The molecule has 0 bridgehead atoms. The Balaban J connectivity index is 0.000000151. The number of rotatable bonds is 10. The molecule has 0 aromatic heterocycles. The van der Waals surface area contributed by atoms with E-state index in [9.17, 15) is 29.1 Å². The Morgan fingerprint density at radius 1 is 0.583 bits per heavy atom. The quantitative estimate of drug-likeness (QED) is 0.0336. The molecule has 0 radical (unpaired) electrons. The number of aryl methyl sites for hydroxylation is 1. The van der Waals surface area contributed by atoms with Crippen molar-refractivity contribution in [2.24, 2.45) is 5.41 Å². The highest BCUT2D eigenvalue weighted by Gasteiger charge is 2.50. The predicted octanol–water partition coefficient (Wildman–Crippen LogP) is 10.8. The van der Waals surface area contributed by atoms with Gasteiger partial charge >= 0.3 is 23.9 Å². The SMILES string of the molecule is CN1Cc2ccc(C(=O)NO)cc2OCC12CC2.COC(=O)c1ccc(CBr)c(Br)c1.COC(=O)c1ccc(CCC(C)(C)CO)c(Br)c1.COC(=O)c1ccc2c(c1)OCC1(CC1)N(C)C2.COC(=O)c1ccc2c(c1)OCC1(CC1)NC2. The third-order valence-corrected chi connectivity index (χ3v) is 18.2. The summed E-state index contributed by atoms with van der Waals surface area (Å²) in [7, 11) is 9.76. The molecular formula is C63H75Br3N4O14. The average Bonchev–Trinajstić information content (AvgIpc) is 2.79. The van der Waals surface area contributed by atoms with Crippen LogP contribution >= 0.6 is 47.8 Å². The van der Waals surface area contributed by atoms with Gasteiger partial charge < -0.3 is 43.6 Å². The summed E-state index contributed by atoms with van der Waals surface area (Å²) in [6.07, 6.45) is 8.82. The van der Waals surface area contributed by atoms with Crippen LogP contribution in [0.4, 0.5) is 0 Å². The molecule has 11 rings (SSSR count). The van der Waals surface area contributed by atoms with Gasteiger partial charge in [-0.15, -0.1) is 0 Å². The molecule has 6 aliphatic rings. The second kappa shape index (κ2) is 29.0. The third kappa shape index (κ3) is 17.0. The molecule has 3 aliphatic heterocycles. The Morgan fingerprint density at radius 3 is 1.38 bits per heavy atom. The Morgan fingerprint density at radius 2 is 0.976 bits per heavy atom. The minimum absolute atomic E-state index is 0.0829. The number of halogens is 3. The van der Waals surface area contributed by atoms with Crippen LogP contribution in [0, 0.1) is 5.41 Å². The molecule has 3 aliphatic carbocycles. The Kier molecular flexibility index (Phi) is 22.6. The van der Waals surface area contributed by atoms with Crippen molar-refractivity contribution in [3.05, 3.63) is 156 Å². The maximum absolute atomic E-state index is 11.5. The van der Waals surface area contributed by atoms with Crippen LogP contribution in [0.1, 0.15) is 138 Å². The summed E-state index contributed by atoms with van der Waals surface area (Å²) in [6.45, 7) is 8.80. The zero-order valence-corrected chi connectivity index (χ0v) is 53.6. The van der Waals surface area contributed by atoms with E-state index in [2.05, 4.69) is 86.5 Å². The van der Waals surface area contributed by atoms with Gasteiger partial charge in [0, 0.05) is 62.8 Å². The summed E-state index contributed by atoms with van der Waals surface area (Å²) in [5.74, 6) is 0.541. The van der Waals surface area contributed by atoms with Crippen molar-refractivity contribution in [1.29, 1.82) is 0 Å². The summed E-state index contributed by atoms with van der Waals surface area (Å²) in [4.78, 5) is 61.5. The lowest BCUT2D eigenvalue weighted by atomic mass is 9.87. The number of ether oxygens (including phenoxy) is 7. The summed E-state index contributed by atoms with van der Waals surface area (Å²) in [5, 5.41) is 22.1. The van der Waals surface area contributed by atoms with Crippen molar-refractivity contribution in [2.75, 3.05) is 69.0 Å². The lowest BCUT2D eigenvalue weighted by molar-refractivity contribution is 0.0591. The molecule has 1 amide bonds. The number of benzene rings is 5. The summed E-state index contributed by atoms with van der Waals surface area (Å²) < 4.78 is 38.0. The topological polar surface area (TPSA) is 221 Å². The number of aliphatic hydroxyl groups is 1. The number of fused-ring (bicyclic) bond motifs is 3. The maximum atomic E-state index is 11.5. The molecule has 84 heavy (non-hydrogen) atoms. The first-order valence-corrected chi connectivity index (χ1v) is 30.3. The number of hydrogen-bond acceptors (Lipinski definition) is 17. The molecule has 452 valence electrons. The molecule has 5 aromatic carbocycles. The molecule has 5 aromatic rings. The van der Waals surface area contributed by atoms with Crippen molar-refractivity contribution in [3.8, 4) is 17.2 Å². The third-order valence-electron chi connectivity index (χ3n) is 16.1. The molecule has 0 unspecified atom stereocenters. The number of carbonyl (C=O) groups excluding carboxylic acids is 5. The Bertz CT molecular complexity index is 3090. The number of carbonyl (C=O) groups is 5. The maximum Gasteiger partial charge on any atom is 0.337 e. The summed E-state index contributed by atoms with van der Waals surface area (Å²) in [5.41, 5.74) is 10.3. The fourth-order valence-corrected chi connectivity index (χ4v) is 11.4. The number of aliphatic hydroxyl groups excluding tert-OH is 1. The van der Waals surface area contributed by atoms with Gasteiger partial charge in [0.2, 0.25) is 0 Å². The zero-order chi connectivity index (χ0) is 61.0. The summed E-state index contributed by atoms with van der Waals surface area (Å²) >= 11 is 10.2. The van der Waals surface area contributed by atoms with Gasteiger partial charge in [-0.25, -0.2) is 24.7 Å². The number of amides is 1. The van der Waals surface area contributed by atoms with E-state index < -0.39 is 5.91 Å². The molecule has 4 N–H and O–H groups in total. The number of methoxy groups -OCH3 is 4. The standard InChI is InChI=1S/C14H19BrO3.C14H17NO3.C13H16N2O3.C13H15NO3.C9H8Br2O2/c1-14(2,9-16)7-6-10-4-5-11(8-12(10)15)13(17)18-3;1-15-8-11-4-3-10(13(16)17-2)7-12(11)18-9-14(15)5-6-14;1-15-7-10-3-2-9(12(16)14-17)6-11(10)18-8-13(15)4-5-13;1-16-12(15)9-2-3-10-7-14-13(4-5-13)8-17-11(10)6-9;1-13-9(12)6-2-3-7(5-10)8(11)4-6/h4-5,8,16H,6-7,9H2,1-3H3;3-4,7H,5-6,8-9H2,1-2H3;2-3,6,17H,4-5,7-8H2,1H3,(H,14,16);2-3,6,14H,4-5,7-8H2,1H3;2-4H,5H2,1H3. The number of nitrogens with zero attached hydrogens (tertiary/aromatic N) is 2. The highest BCUT2D eigenvalue weighted by molar-refractivity contribution is 9.11. The fraction of sp³-hybridized carbons (Fsp3) is 0.444. The molecule has 0 saturated heterocycles. The monoisotopic (exact) mass is 1350 g/mol. The number of hydrogen-bond donors (Lipinski definition) is 4. The molecule has 3 spiro atoms. The van der Waals surface area contributed by atoms with Crippen LogP contribution in [-0.4, -0.2) is 135 Å². The smallest absolute Gasteiger partial charge is 0.337 e. The van der Waals surface area contributed by atoms with Crippen LogP contribution in [0.3, 0.4) is 0 Å². The van der Waals surface area contributed by atoms with Crippen molar-refractivity contribution in [1.82, 2.24) is 20.6 Å². The van der Waals surface area contributed by atoms with Gasteiger partial charge in [-0.3, -0.25) is 19.8 Å². The molecule has 3 fully saturated rings. The normalized spacial score (nSPS) is 16.9. The van der Waals surface area contributed by atoms with Gasteiger partial charge in [0.25, 0.3) is 5.91 Å². The Hall–Kier alpha value is -5.91. The van der Waals surface area contributed by atoms with E-state index in [1.54, 1.807) is 66.1 Å². The van der Waals surface area contributed by atoms with Gasteiger partial charge in [0.15, 0.2) is 0 Å². The molecule has 3 heterocycles. The van der Waals surface area contributed by atoms with E-state index in [0.717, 1.165) is 91.8 Å². The molecule has 21 heteroatoms. The highest BCUT2D eigenvalue weighted by atomic mass is 79.9. The van der Waals surface area contributed by atoms with Gasteiger partial charge in [-0.1, -0.05) is 92.0 Å². The summed E-state index contributed by atoms with van der Waals surface area (Å²) in [6, 6.07) is 27.1. The Labute approximate surface area is 516 Å². The molecular weight excluding hydrogens is 1280 g/mol. The van der Waals surface area contributed by atoms with Gasteiger partial charge in [0.05, 0.1) is 67.3 Å². The first-order valence-electron chi connectivity index (χ1n) is 27.6. The second-order valence-corrected chi connectivity index (χ2v) is 24.9. The van der Waals surface area contributed by atoms with Gasteiger partial charge in [-0.05, 0) is 143 Å². The van der Waals surface area contributed by atoms with Crippen molar-refractivity contribution in [2.45, 2.75) is 107 Å². The van der Waals surface area contributed by atoms with E-state index in [0.29, 0.717) is 47.6 Å². The molecule has 3 saturated carbocycles. The minimum atomic E-state index is -0.514. The number of likely N-dealkylation sites (N-methyl/N-ethyl adjacent to an activating group) is 2. The number of nitrogens with one attached hydrogen (secondary N) is 2. The number of alkyl halides is 1. The van der Waals surface area contributed by atoms with Crippen LogP contribution in [0.25, 0.3) is 0 Å². The largest absolute Gasteiger partial charge is 0.491 e. The van der Waals surface area contributed by atoms with Gasteiger partial charge in [0.1, 0.15) is 37.1 Å². The number of hydroxylamine groups is 1. The van der Waals surface area contributed by atoms with Crippen molar-refractivity contribution in [3.63, 3.8) is 0 Å². The lowest BCUT2D eigenvalue weighted by Gasteiger charge is -2.23. The van der Waals surface area contributed by atoms with Crippen LogP contribution < -0.4 is 25.0 Å². The van der Waals surface area contributed by atoms with E-state index in [4.69, 9.17) is 28.9 Å². The average molecular weight is 1350 g/mol. The molecule has 18 nitrogen and oxygen atoms in total. The van der Waals surface area contributed by atoms with Gasteiger partial charge in [-0.2, -0.15) is 0 Å². The number of esters is 4. The zero-order valence-electron chi connectivity index (χ0n) is 48.8. The van der Waals surface area contributed by atoms with E-state index in [-0.39, 0.29) is 52.5 Å². The fourth-order valence-electron chi connectivity index (χ4n) is 9.47. The van der Waals surface area contributed by atoms with Crippen molar-refractivity contribution < 1.29 is 67.4 Å². The highest BCUT2D eigenvalue weighted by Crippen LogP contribution is 2.46. The predicted molar refractivity (Wildman–Crippen MR) is 326 cm³/mol. The van der Waals surface area contributed by atoms with E-state index in [1.807, 2.05) is 44.2 Å². The first kappa shape index (κ1) is 65.6. The molecule has 0 atom stereocenters. The van der Waals surface area contributed by atoms with Crippen LogP contribution in [0.5, 0.6) is 17.2 Å².